The highest BCUT2D eigenvalue weighted by molar-refractivity contribution is 4.92. The van der Waals surface area contributed by atoms with Gasteiger partial charge in [-0.15, -0.1) is 0 Å². The van der Waals surface area contributed by atoms with Crippen LogP contribution >= 0.6 is 0 Å². The number of methoxy groups -OCH3 is 1. The largest absolute Gasteiger partial charge is 0.389 e. The van der Waals surface area contributed by atoms with Gasteiger partial charge < -0.3 is 24.6 Å². The van der Waals surface area contributed by atoms with Gasteiger partial charge in [-0.05, 0) is 21.0 Å². The summed E-state index contributed by atoms with van der Waals surface area (Å²) in [6, 6.07) is -0.358. The minimum Gasteiger partial charge on any atom is -0.389 e. The Hall–Kier alpha value is -0.200. The zero-order valence-corrected chi connectivity index (χ0v) is 9.04. The fourth-order valence-electron chi connectivity index (χ4n) is 1.82. The molecule has 84 valence electrons. The molecule has 1 heterocycles. The highest BCUT2D eigenvalue weighted by atomic mass is 16.7. The lowest BCUT2D eigenvalue weighted by atomic mass is 9.96. The normalized spacial score (nSPS) is 44.4. The summed E-state index contributed by atoms with van der Waals surface area (Å²) in [6.45, 7) is 1.76. The second-order valence-electron chi connectivity index (χ2n) is 3.88. The summed E-state index contributed by atoms with van der Waals surface area (Å²) in [5.74, 6) is 0. The van der Waals surface area contributed by atoms with Crippen LogP contribution in [0.4, 0.5) is 0 Å². The van der Waals surface area contributed by atoms with E-state index in [4.69, 9.17) is 9.47 Å². The van der Waals surface area contributed by atoms with Gasteiger partial charge in [-0.2, -0.15) is 0 Å². The maximum atomic E-state index is 9.84. The highest BCUT2D eigenvalue weighted by Crippen LogP contribution is 2.23. The van der Waals surface area contributed by atoms with Crippen molar-refractivity contribution in [2.75, 3.05) is 21.2 Å². The summed E-state index contributed by atoms with van der Waals surface area (Å²) >= 11 is 0. The first kappa shape index (κ1) is 11.9. The summed E-state index contributed by atoms with van der Waals surface area (Å²) in [4.78, 5) is 1.78. The van der Waals surface area contributed by atoms with E-state index in [0.29, 0.717) is 0 Å². The Balaban J connectivity index is 2.78. The number of hydrogen-bond acceptors (Lipinski definition) is 5. The second-order valence-corrected chi connectivity index (χ2v) is 3.88. The van der Waals surface area contributed by atoms with Crippen LogP contribution in [0.5, 0.6) is 0 Å². The molecular formula is C9H19NO4. The first-order valence-corrected chi connectivity index (χ1v) is 4.70. The van der Waals surface area contributed by atoms with Crippen molar-refractivity contribution < 1.29 is 19.7 Å². The minimum absolute atomic E-state index is 0.337. The predicted molar refractivity (Wildman–Crippen MR) is 50.8 cm³/mol. The zero-order valence-electron chi connectivity index (χ0n) is 9.04. The summed E-state index contributed by atoms with van der Waals surface area (Å²) in [7, 11) is 5.09. The topological polar surface area (TPSA) is 62.2 Å². The number of aliphatic hydroxyl groups is 2. The molecule has 0 radical (unpaired) electrons. The Kier molecular flexibility index (Phi) is 3.86. The van der Waals surface area contributed by atoms with Crippen molar-refractivity contribution in [2.24, 2.45) is 0 Å². The second kappa shape index (κ2) is 4.55. The van der Waals surface area contributed by atoms with Crippen LogP contribution in [-0.4, -0.2) is 67.0 Å². The molecule has 0 bridgehead atoms. The van der Waals surface area contributed by atoms with E-state index >= 15 is 0 Å². The van der Waals surface area contributed by atoms with E-state index in [1.54, 1.807) is 11.8 Å². The lowest BCUT2D eigenvalue weighted by Crippen LogP contribution is -2.62. The van der Waals surface area contributed by atoms with Crippen LogP contribution in [0.1, 0.15) is 6.92 Å². The Labute approximate surface area is 84.2 Å². The van der Waals surface area contributed by atoms with Crippen molar-refractivity contribution in [3.63, 3.8) is 0 Å². The van der Waals surface area contributed by atoms with E-state index in [-0.39, 0.29) is 12.1 Å². The molecule has 0 aromatic heterocycles. The fraction of sp³-hybridized carbons (Fsp3) is 1.00. The van der Waals surface area contributed by atoms with Gasteiger partial charge in [-0.1, -0.05) is 0 Å². The number of aliphatic hydroxyl groups excluding tert-OH is 2. The van der Waals surface area contributed by atoms with Crippen molar-refractivity contribution in [1.82, 2.24) is 4.90 Å². The quantitative estimate of drug-likeness (QED) is 0.607. The lowest BCUT2D eigenvalue weighted by Gasteiger charge is -2.43. The van der Waals surface area contributed by atoms with Crippen molar-refractivity contribution >= 4 is 0 Å². The van der Waals surface area contributed by atoms with Gasteiger partial charge in [0.05, 0.1) is 18.2 Å². The predicted octanol–water partition coefficient (Wildman–Crippen LogP) is -0.970. The van der Waals surface area contributed by atoms with Gasteiger partial charge in [0.2, 0.25) is 0 Å². The third kappa shape index (κ3) is 2.07. The smallest absolute Gasteiger partial charge is 0.185 e. The molecule has 5 heteroatoms. The van der Waals surface area contributed by atoms with Crippen LogP contribution in [0.15, 0.2) is 0 Å². The van der Waals surface area contributed by atoms with E-state index in [2.05, 4.69) is 0 Å². The van der Waals surface area contributed by atoms with Crippen molar-refractivity contribution in [2.45, 2.75) is 37.6 Å². The first-order valence-electron chi connectivity index (χ1n) is 4.70. The summed E-state index contributed by atoms with van der Waals surface area (Å²) in [6.07, 6.45) is -2.54. The first-order chi connectivity index (χ1) is 6.49. The van der Waals surface area contributed by atoms with Crippen LogP contribution in [0, 0.1) is 0 Å². The third-order valence-electron chi connectivity index (χ3n) is 2.64. The molecule has 0 saturated carbocycles. The standard InChI is InChI=1S/C9H19NO4/c1-5-7(11)6(10(2)3)8(12)9(13-4)14-5/h5-9,11-12H,1-4H3/t5-,6+,7-,8-,9-/m1/s1. The van der Waals surface area contributed by atoms with E-state index < -0.39 is 18.5 Å². The van der Waals surface area contributed by atoms with E-state index in [1.165, 1.54) is 7.11 Å². The van der Waals surface area contributed by atoms with Gasteiger partial charge >= 0.3 is 0 Å². The average molecular weight is 205 g/mol. The molecule has 2 N–H and O–H groups in total. The van der Waals surface area contributed by atoms with Gasteiger partial charge in [0.15, 0.2) is 6.29 Å². The van der Waals surface area contributed by atoms with Crippen molar-refractivity contribution in [1.29, 1.82) is 0 Å². The van der Waals surface area contributed by atoms with Crippen LogP contribution in [0.25, 0.3) is 0 Å². The number of likely N-dealkylation sites (N-methyl/N-ethyl adjacent to an activating group) is 1. The zero-order chi connectivity index (χ0) is 10.9. The number of hydrogen-bond donors (Lipinski definition) is 2. The Bertz CT molecular complexity index is 188. The lowest BCUT2D eigenvalue weighted by molar-refractivity contribution is -0.272. The van der Waals surface area contributed by atoms with Gasteiger partial charge in [0.1, 0.15) is 6.10 Å². The van der Waals surface area contributed by atoms with Crippen molar-refractivity contribution in [3.8, 4) is 0 Å². The van der Waals surface area contributed by atoms with Gasteiger partial charge in [-0.3, -0.25) is 0 Å². The van der Waals surface area contributed by atoms with Crippen LogP contribution < -0.4 is 0 Å². The van der Waals surface area contributed by atoms with Crippen LogP contribution in [0.2, 0.25) is 0 Å². The SMILES string of the molecule is CO[C@@H]1O[C@H](C)[C@@H](O)[C@H](N(C)C)[C@H]1O. The Morgan fingerprint density at radius 3 is 2.21 bits per heavy atom. The molecule has 1 rings (SSSR count). The molecule has 5 nitrogen and oxygen atoms in total. The molecule has 0 aliphatic carbocycles. The molecule has 5 atom stereocenters. The van der Waals surface area contributed by atoms with E-state index in [1.807, 2.05) is 14.1 Å². The van der Waals surface area contributed by atoms with Gasteiger partial charge in [-0.25, -0.2) is 0 Å². The Morgan fingerprint density at radius 2 is 1.79 bits per heavy atom. The molecule has 1 aliphatic heterocycles. The summed E-state index contributed by atoms with van der Waals surface area (Å²) in [5, 5.41) is 19.6. The summed E-state index contributed by atoms with van der Waals surface area (Å²) < 4.78 is 10.3. The third-order valence-corrected chi connectivity index (χ3v) is 2.64. The van der Waals surface area contributed by atoms with Gasteiger partial charge in [0.25, 0.3) is 0 Å². The molecule has 14 heavy (non-hydrogen) atoms. The Morgan fingerprint density at radius 1 is 1.21 bits per heavy atom. The number of nitrogens with zero attached hydrogens (tertiary/aromatic N) is 1. The van der Waals surface area contributed by atoms with Crippen LogP contribution in [-0.2, 0) is 9.47 Å². The van der Waals surface area contributed by atoms with Crippen molar-refractivity contribution in [3.05, 3.63) is 0 Å². The van der Waals surface area contributed by atoms with E-state index in [0.717, 1.165) is 0 Å². The monoisotopic (exact) mass is 205 g/mol. The molecule has 0 aromatic rings. The highest BCUT2D eigenvalue weighted by Gasteiger charge is 2.43. The molecule has 1 fully saturated rings. The molecule has 0 spiro atoms. The maximum absolute atomic E-state index is 9.84. The molecule has 0 aromatic carbocycles. The molecule has 0 amide bonds. The van der Waals surface area contributed by atoms with Gasteiger partial charge in [0, 0.05) is 7.11 Å². The number of ether oxygens (including phenoxy) is 2. The number of rotatable bonds is 2. The van der Waals surface area contributed by atoms with E-state index in [9.17, 15) is 10.2 Å². The maximum Gasteiger partial charge on any atom is 0.185 e. The molecule has 1 aliphatic rings. The molecule has 1 saturated heterocycles. The van der Waals surface area contributed by atoms with Crippen LogP contribution in [0.3, 0.4) is 0 Å². The molecule has 0 unspecified atom stereocenters. The molecular weight excluding hydrogens is 186 g/mol. The summed E-state index contributed by atoms with van der Waals surface area (Å²) in [5.41, 5.74) is 0. The minimum atomic E-state index is -0.832. The fourth-order valence-corrected chi connectivity index (χ4v) is 1.82. The average Bonchev–Trinajstić information content (AvgIpc) is 2.11.